The lowest BCUT2D eigenvalue weighted by Crippen LogP contribution is -2.21. The van der Waals surface area contributed by atoms with Crippen LogP contribution in [0.4, 0.5) is 0 Å². The summed E-state index contributed by atoms with van der Waals surface area (Å²) in [4.78, 5) is 10.9. The Labute approximate surface area is 58.2 Å². The first-order valence-electron chi connectivity index (χ1n) is 3.20. The summed E-state index contributed by atoms with van der Waals surface area (Å²) in [6.45, 7) is 1.29. The maximum Gasteiger partial charge on any atom is 0.355 e. The smallest absolute Gasteiger partial charge is 0.355 e. The van der Waals surface area contributed by atoms with E-state index in [4.69, 9.17) is 4.74 Å². The van der Waals surface area contributed by atoms with Crippen molar-refractivity contribution in [1.29, 1.82) is 0 Å². The zero-order chi connectivity index (χ0) is 6.97. The average molecular weight is 137 g/mol. The van der Waals surface area contributed by atoms with Gasteiger partial charge in [0.1, 0.15) is 12.3 Å². The summed E-state index contributed by atoms with van der Waals surface area (Å²) >= 11 is 0. The van der Waals surface area contributed by atoms with Gasteiger partial charge in [0.2, 0.25) is 0 Å². The molecule has 0 atom stereocenters. The summed E-state index contributed by atoms with van der Waals surface area (Å²) in [5.41, 5.74) is 0.659. The molecule has 0 amide bonds. The van der Waals surface area contributed by atoms with Gasteiger partial charge in [0.05, 0.1) is 6.54 Å². The normalized spacial score (nSPS) is 16.2. The first-order chi connectivity index (χ1) is 4.88. The molecule has 3 heteroatoms. The van der Waals surface area contributed by atoms with Crippen LogP contribution in [0, 0.1) is 0 Å². The second-order valence-electron chi connectivity index (χ2n) is 2.22. The van der Waals surface area contributed by atoms with Crippen LogP contribution in [0.1, 0.15) is 10.5 Å². The second-order valence-corrected chi connectivity index (χ2v) is 2.22. The molecule has 1 aliphatic heterocycles. The Balaban J connectivity index is 2.50. The van der Waals surface area contributed by atoms with Gasteiger partial charge in [0, 0.05) is 6.20 Å². The van der Waals surface area contributed by atoms with Crippen LogP contribution in [-0.2, 0) is 11.3 Å². The number of carbonyl (C=O) groups is 1. The largest absolute Gasteiger partial charge is 0.459 e. The van der Waals surface area contributed by atoms with Gasteiger partial charge in [0.25, 0.3) is 0 Å². The minimum Gasteiger partial charge on any atom is -0.459 e. The highest BCUT2D eigenvalue weighted by Gasteiger charge is 2.16. The molecule has 0 fully saturated rings. The number of rotatable bonds is 0. The van der Waals surface area contributed by atoms with Crippen LogP contribution in [-0.4, -0.2) is 17.1 Å². The summed E-state index contributed by atoms with van der Waals surface area (Å²) in [7, 11) is 0. The molecule has 1 aliphatic rings. The van der Waals surface area contributed by atoms with Gasteiger partial charge < -0.3 is 9.30 Å². The monoisotopic (exact) mass is 137 g/mol. The fourth-order valence-electron chi connectivity index (χ4n) is 1.11. The lowest BCUT2D eigenvalue weighted by molar-refractivity contribution is 0.0422. The summed E-state index contributed by atoms with van der Waals surface area (Å²) in [6, 6.07) is 3.61. The average Bonchev–Trinajstić information content (AvgIpc) is 2.36. The van der Waals surface area contributed by atoms with E-state index in [0.717, 1.165) is 6.54 Å². The van der Waals surface area contributed by atoms with Crippen LogP contribution in [0.25, 0.3) is 0 Å². The number of nitrogens with zero attached hydrogens (tertiary/aromatic N) is 1. The van der Waals surface area contributed by atoms with Crippen LogP contribution in [0.3, 0.4) is 0 Å². The summed E-state index contributed by atoms with van der Waals surface area (Å²) in [5, 5.41) is 0. The summed E-state index contributed by atoms with van der Waals surface area (Å²) in [5.74, 6) is -0.212. The van der Waals surface area contributed by atoms with Crippen LogP contribution in [0.15, 0.2) is 18.3 Å². The van der Waals surface area contributed by atoms with Crippen molar-refractivity contribution < 1.29 is 9.53 Å². The minimum atomic E-state index is -0.212. The van der Waals surface area contributed by atoms with Crippen molar-refractivity contribution in [1.82, 2.24) is 4.57 Å². The molecule has 0 spiro atoms. The van der Waals surface area contributed by atoms with Crippen molar-refractivity contribution in [3.8, 4) is 0 Å². The van der Waals surface area contributed by atoms with Gasteiger partial charge >= 0.3 is 5.97 Å². The van der Waals surface area contributed by atoms with Gasteiger partial charge in [-0.3, -0.25) is 0 Å². The molecule has 2 rings (SSSR count). The number of esters is 1. The van der Waals surface area contributed by atoms with E-state index in [2.05, 4.69) is 0 Å². The van der Waals surface area contributed by atoms with E-state index in [-0.39, 0.29) is 5.97 Å². The van der Waals surface area contributed by atoms with E-state index in [9.17, 15) is 4.79 Å². The van der Waals surface area contributed by atoms with E-state index in [1.807, 2.05) is 16.8 Å². The highest BCUT2D eigenvalue weighted by molar-refractivity contribution is 5.88. The van der Waals surface area contributed by atoms with E-state index in [0.29, 0.717) is 12.3 Å². The Morgan fingerprint density at radius 3 is 3.30 bits per heavy atom. The van der Waals surface area contributed by atoms with Crippen molar-refractivity contribution in [2.24, 2.45) is 0 Å². The molecule has 0 saturated carbocycles. The van der Waals surface area contributed by atoms with Gasteiger partial charge in [-0.15, -0.1) is 0 Å². The summed E-state index contributed by atoms with van der Waals surface area (Å²) < 4.78 is 6.70. The molecular formula is C7H7NO2. The van der Waals surface area contributed by atoms with Gasteiger partial charge in [0.15, 0.2) is 0 Å². The van der Waals surface area contributed by atoms with E-state index in [1.165, 1.54) is 0 Å². The number of hydrogen-bond donors (Lipinski definition) is 0. The first kappa shape index (κ1) is 5.53. The Morgan fingerprint density at radius 2 is 2.50 bits per heavy atom. The maximum atomic E-state index is 10.9. The molecule has 10 heavy (non-hydrogen) atoms. The zero-order valence-corrected chi connectivity index (χ0v) is 5.41. The molecule has 0 aromatic carbocycles. The quantitative estimate of drug-likeness (QED) is 0.492. The highest BCUT2D eigenvalue weighted by Crippen LogP contribution is 2.08. The lowest BCUT2D eigenvalue weighted by atomic mass is 10.4. The molecule has 1 aromatic heterocycles. The first-order valence-corrected chi connectivity index (χ1v) is 3.20. The number of fused-ring (bicyclic) bond motifs is 1. The van der Waals surface area contributed by atoms with Crippen LogP contribution < -0.4 is 0 Å². The van der Waals surface area contributed by atoms with Gasteiger partial charge in [-0.2, -0.15) is 0 Å². The molecule has 2 heterocycles. The number of ether oxygens (including phenoxy) is 1. The molecule has 0 saturated heterocycles. The molecule has 0 aliphatic carbocycles. The predicted molar refractivity (Wildman–Crippen MR) is 34.7 cm³/mol. The molecule has 1 aromatic rings. The second kappa shape index (κ2) is 1.87. The fourth-order valence-corrected chi connectivity index (χ4v) is 1.11. The van der Waals surface area contributed by atoms with Crippen molar-refractivity contribution in [3.63, 3.8) is 0 Å². The third-order valence-electron chi connectivity index (χ3n) is 1.60. The molecule has 0 N–H and O–H groups in total. The Morgan fingerprint density at radius 1 is 1.60 bits per heavy atom. The zero-order valence-electron chi connectivity index (χ0n) is 5.41. The molecule has 0 bridgehead atoms. The number of hydrogen-bond acceptors (Lipinski definition) is 2. The Kier molecular flexibility index (Phi) is 1.03. The van der Waals surface area contributed by atoms with Crippen LogP contribution >= 0.6 is 0 Å². The van der Waals surface area contributed by atoms with E-state index >= 15 is 0 Å². The number of carbonyl (C=O) groups excluding carboxylic acids is 1. The third-order valence-corrected chi connectivity index (χ3v) is 1.60. The lowest BCUT2D eigenvalue weighted by Gasteiger charge is -2.13. The standard InChI is InChI=1S/C7H7NO2/c9-7-6-2-1-3-8(6)4-5-10-7/h1-3H,4-5H2. The molecule has 3 nitrogen and oxygen atoms in total. The van der Waals surface area contributed by atoms with Crippen molar-refractivity contribution in [2.75, 3.05) is 6.61 Å². The molecular weight excluding hydrogens is 130 g/mol. The van der Waals surface area contributed by atoms with Crippen LogP contribution in [0.5, 0.6) is 0 Å². The van der Waals surface area contributed by atoms with E-state index < -0.39 is 0 Å². The van der Waals surface area contributed by atoms with Crippen molar-refractivity contribution in [3.05, 3.63) is 24.0 Å². The topological polar surface area (TPSA) is 31.2 Å². The molecule has 52 valence electrons. The molecule has 0 radical (unpaired) electrons. The van der Waals surface area contributed by atoms with Crippen molar-refractivity contribution in [2.45, 2.75) is 6.54 Å². The van der Waals surface area contributed by atoms with Crippen molar-refractivity contribution >= 4 is 5.97 Å². The van der Waals surface area contributed by atoms with Gasteiger partial charge in [-0.05, 0) is 12.1 Å². The minimum absolute atomic E-state index is 0.212. The van der Waals surface area contributed by atoms with Crippen LogP contribution in [0.2, 0.25) is 0 Å². The Bertz CT molecular complexity index is 264. The third kappa shape index (κ3) is 0.635. The summed E-state index contributed by atoms with van der Waals surface area (Å²) in [6.07, 6.45) is 1.88. The van der Waals surface area contributed by atoms with E-state index in [1.54, 1.807) is 6.07 Å². The van der Waals surface area contributed by atoms with Gasteiger partial charge in [-0.1, -0.05) is 0 Å². The highest BCUT2D eigenvalue weighted by atomic mass is 16.5. The number of aromatic nitrogens is 1. The fraction of sp³-hybridized carbons (Fsp3) is 0.286. The Hall–Kier alpha value is -1.25. The SMILES string of the molecule is O=C1OCCn2cccc21. The predicted octanol–water partition coefficient (Wildman–Crippen LogP) is 0.659. The maximum absolute atomic E-state index is 10.9. The van der Waals surface area contributed by atoms with Gasteiger partial charge in [-0.25, -0.2) is 4.79 Å². The number of cyclic esters (lactones) is 1. The molecule has 0 unspecified atom stereocenters.